The summed E-state index contributed by atoms with van der Waals surface area (Å²) in [6.45, 7) is 0.404. The van der Waals surface area contributed by atoms with Gasteiger partial charge in [0, 0.05) is 64.1 Å². The number of aliphatic carboxylic acids is 1. The average Bonchev–Trinajstić information content (AvgIpc) is 3.88. The molecule has 270 valence electrons. The highest BCUT2D eigenvalue weighted by molar-refractivity contribution is 5.95. The lowest BCUT2D eigenvalue weighted by molar-refractivity contribution is -0.142. The van der Waals surface area contributed by atoms with Crippen LogP contribution < -0.4 is 27.4 Å². The molecule has 6 rings (SSSR count). The Balaban J connectivity index is 1.21. The third-order valence-electron chi connectivity index (χ3n) is 9.48. The number of nitrogens with one attached hydrogen (secondary N) is 6. The van der Waals surface area contributed by atoms with E-state index in [0.29, 0.717) is 19.4 Å². The van der Waals surface area contributed by atoms with E-state index >= 15 is 0 Å². The zero-order chi connectivity index (χ0) is 36.6. The van der Waals surface area contributed by atoms with Crippen molar-refractivity contribution < 1.29 is 24.3 Å². The van der Waals surface area contributed by atoms with E-state index < -0.39 is 47.9 Å². The number of carbonyl (C=O) groups excluding carboxylic acids is 3. The lowest BCUT2D eigenvalue weighted by Crippen LogP contribution is -2.58. The van der Waals surface area contributed by atoms with Crippen molar-refractivity contribution in [3.8, 4) is 0 Å². The number of hydrogen-bond donors (Lipinski definition) is 9. The van der Waals surface area contributed by atoms with Crippen molar-refractivity contribution in [3.63, 3.8) is 0 Å². The predicted molar refractivity (Wildman–Crippen MR) is 200 cm³/mol. The molecule has 52 heavy (non-hydrogen) atoms. The van der Waals surface area contributed by atoms with Gasteiger partial charge in [0.25, 0.3) is 0 Å². The largest absolute Gasteiger partial charge is 0.480 e. The van der Waals surface area contributed by atoms with E-state index in [1.54, 1.807) is 12.4 Å². The van der Waals surface area contributed by atoms with Crippen LogP contribution in [0.15, 0.2) is 91.4 Å². The Bertz CT molecular complexity index is 2180. The minimum Gasteiger partial charge on any atom is -0.480 e. The maximum absolute atomic E-state index is 14.0. The lowest BCUT2D eigenvalue weighted by Gasteiger charge is -2.25. The first-order chi connectivity index (χ1) is 25.2. The summed E-state index contributed by atoms with van der Waals surface area (Å²) in [5.41, 5.74) is 17.1. The minimum absolute atomic E-state index is 0.0188. The number of para-hydroxylation sites is 3. The Kier molecular flexibility index (Phi) is 11.3. The van der Waals surface area contributed by atoms with E-state index in [1.165, 1.54) is 0 Å². The number of H-pyrrole nitrogens is 3. The van der Waals surface area contributed by atoms with Crippen LogP contribution in [0.4, 0.5) is 0 Å². The van der Waals surface area contributed by atoms with Crippen molar-refractivity contribution in [1.82, 2.24) is 30.9 Å². The van der Waals surface area contributed by atoms with Gasteiger partial charge in [0.2, 0.25) is 17.7 Å². The van der Waals surface area contributed by atoms with E-state index in [9.17, 15) is 24.3 Å². The van der Waals surface area contributed by atoms with Gasteiger partial charge >= 0.3 is 5.97 Å². The number of benzene rings is 3. The molecule has 0 aliphatic carbocycles. The summed E-state index contributed by atoms with van der Waals surface area (Å²) < 4.78 is 0. The van der Waals surface area contributed by atoms with Crippen molar-refractivity contribution in [2.24, 2.45) is 11.5 Å². The van der Waals surface area contributed by atoms with Crippen LogP contribution in [0.5, 0.6) is 0 Å². The van der Waals surface area contributed by atoms with Crippen LogP contribution in [0.3, 0.4) is 0 Å². The van der Waals surface area contributed by atoms with Crippen LogP contribution in [-0.4, -0.2) is 74.5 Å². The molecule has 0 aliphatic heterocycles. The number of unbranched alkanes of at least 4 members (excludes halogenated alkanes) is 1. The molecule has 0 aliphatic rings. The van der Waals surface area contributed by atoms with E-state index in [4.69, 9.17) is 11.5 Å². The summed E-state index contributed by atoms with van der Waals surface area (Å²) in [7, 11) is 0. The smallest absolute Gasteiger partial charge is 0.326 e. The van der Waals surface area contributed by atoms with E-state index in [1.807, 2.05) is 79.0 Å². The normalized spacial score (nSPS) is 13.8. The summed E-state index contributed by atoms with van der Waals surface area (Å²) in [6, 6.07) is 18.3. The van der Waals surface area contributed by atoms with Gasteiger partial charge in [-0.3, -0.25) is 14.4 Å². The Morgan fingerprint density at radius 3 is 1.50 bits per heavy atom. The average molecular weight is 705 g/mol. The molecule has 0 radical (unpaired) electrons. The molecule has 4 atom stereocenters. The maximum Gasteiger partial charge on any atom is 0.326 e. The molecular formula is C39H44N8O5. The molecule has 13 nitrogen and oxygen atoms in total. The van der Waals surface area contributed by atoms with Gasteiger partial charge in [0.1, 0.15) is 18.1 Å². The van der Waals surface area contributed by atoms with Crippen molar-refractivity contribution in [1.29, 1.82) is 0 Å². The highest BCUT2D eigenvalue weighted by Crippen LogP contribution is 2.22. The number of carboxylic acid groups (broad SMARTS) is 1. The maximum atomic E-state index is 14.0. The molecule has 3 heterocycles. The van der Waals surface area contributed by atoms with Crippen LogP contribution in [0.25, 0.3) is 32.7 Å². The fourth-order valence-corrected chi connectivity index (χ4v) is 6.67. The Labute approximate surface area is 299 Å². The minimum atomic E-state index is -1.28. The Morgan fingerprint density at radius 1 is 0.577 bits per heavy atom. The molecule has 0 saturated carbocycles. The SMILES string of the molecule is NCCCCC(NC(=O)C(N)Cc1c[nH]c2ccccc12)C(=O)NC(Cc1c[nH]c2ccccc12)C(=O)NC(Cc1c[nH]c2ccccc12)C(=O)O. The topological polar surface area (TPSA) is 224 Å². The molecule has 0 saturated heterocycles. The zero-order valence-electron chi connectivity index (χ0n) is 28.7. The summed E-state index contributed by atoms with van der Waals surface area (Å²) >= 11 is 0. The van der Waals surface area contributed by atoms with Crippen LogP contribution in [0.1, 0.15) is 36.0 Å². The van der Waals surface area contributed by atoms with Gasteiger partial charge < -0.3 is 47.5 Å². The van der Waals surface area contributed by atoms with E-state index in [0.717, 1.165) is 49.4 Å². The van der Waals surface area contributed by atoms with Crippen molar-refractivity contribution >= 4 is 56.4 Å². The second-order valence-electron chi connectivity index (χ2n) is 13.1. The van der Waals surface area contributed by atoms with Crippen molar-refractivity contribution in [3.05, 3.63) is 108 Å². The van der Waals surface area contributed by atoms with Crippen molar-refractivity contribution in [2.45, 2.75) is 62.7 Å². The number of rotatable bonds is 17. The molecule has 6 aromatic rings. The second-order valence-corrected chi connectivity index (χ2v) is 13.1. The van der Waals surface area contributed by atoms with Gasteiger partial charge in [0.05, 0.1) is 6.04 Å². The molecule has 3 amide bonds. The first kappa shape index (κ1) is 35.9. The standard InChI is InChI=1S/C39H44N8O5/c40-16-8-7-15-33(45-36(48)29(41)17-23-20-42-30-12-4-1-9-26(23)30)37(49)46-34(18-24-21-43-31-13-5-2-10-27(24)31)38(50)47-35(39(51)52)19-25-22-44-32-14-6-3-11-28(25)32/h1-6,9-14,20-22,29,33-35,42-44H,7-8,15-19,40-41H2,(H,45,48)(H,46,49)(H,47,50)(H,51,52). The molecule has 0 fully saturated rings. The van der Waals surface area contributed by atoms with Crippen LogP contribution >= 0.6 is 0 Å². The second kappa shape index (κ2) is 16.4. The van der Waals surface area contributed by atoms with Crippen LogP contribution in [0, 0.1) is 0 Å². The van der Waals surface area contributed by atoms with Gasteiger partial charge in [-0.05, 0) is 67.1 Å². The summed E-state index contributed by atoms with van der Waals surface area (Å²) in [5.74, 6) is -2.99. The van der Waals surface area contributed by atoms with Gasteiger partial charge in [0.15, 0.2) is 0 Å². The molecule has 0 bridgehead atoms. The molecule has 3 aromatic carbocycles. The van der Waals surface area contributed by atoms with Gasteiger partial charge in [-0.2, -0.15) is 0 Å². The van der Waals surface area contributed by atoms with E-state index in [-0.39, 0.29) is 25.7 Å². The van der Waals surface area contributed by atoms with Crippen LogP contribution in [-0.2, 0) is 38.4 Å². The first-order valence-corrected chi connectivity index (χ1v) is 17.5. The highest BCUT2D eigenvalue weighted by atomic mass is 16.4. The predicted octanol–water partition coefficient (Wildman–Crippen LogP) is 3.15. The zero-order valence-corrected chi connectivity index (χ0v) is 28.7. The third-order valence-corrected chi connectivity index (χ3v) is 9.48. The lowest BCUT2D eigenvalue weighted by atomic mass is 10.0. The third kappa shape index (κ3) is 8.33. The summed E-state index contributed by atoms with van der Waals surface area (Å²) in [4.78, 5) is 63.4. The number of aromatic amines is 3. The van der Waals surface area contributed by atoms with Gasteiger partial charge in [-0.1, -0.05) is 54.6 Å². The Hall–Kier alpha value is -5.92. The Morgan fingerprint density at radius 2 is 1.00 bits per heavy atom. The van der Waals surface area contributed by atoms with Crippen LogP contribution in [0.2, 0.25) is 0 Å². The number of fused-ring (bicyclic) bond motifs is 3. The number of carbonyl (C=O) groups is 4. The van der Waals surface area contributed by atoms with Gasteiger partial charge in [-0.15, -0.1) is 0 Å². The molecule has 3 aromatic heterocycles. The molecule has 11 N–H and O–H groups in total. The molecular weight excluding hydrogens is 660 g/mol. The van der Waals surface area contributed by atoms with E-state index in [2.05, 4.69) is 30.9 Å². The summed E-state index contributed by atoms with van der Waals surface area (Å²) in [6.07, 6.45) is 7.05. The fourth-order valence-electron chi connectivity index (χ4n) is 6.67. The first-order valence-electron chi connectivity index (χ1n) is 17.5. The highest BCUT2D eigenvalue weighted by Gasteiger charge is 2.31. The monoisotopic (exact) mass is 704 g/mol. The number of hydrogen-bond acceptors (Lipinski definition) is 6. The molecule has 4 unspecified atom stereocenters. The number of amides is 3. The fraction of sp³-hybridized carbons (Fsp3) is 0.282. The number of nitrogens with two attached hydrogens (primary N) is 2. The molecule has 13 heteroatoms. The molecule has 0 spiro atoms. The van der Waals surface area contributed by atoms with Crippen molar-refractivity contribution in [2.75, 3.05) is 6.54 Å². The van der Waals surface area contributed by atoms with Gasteiger partial charge in [-0.25, -0.2) is 4.79 Å². The summed E-state index contributed by atoms with van der Waals surface area (Å²) in [5, 5.41) is 21.2. The quantitative estimate of drug-likeness (QED) is 0.0645. The number of carboxylic acids is 1. The number of aromatic nitrogens is 3.